The number of carbonyl (C=O) groups excluding carboxylic acids is 1. The van der Waals surface area contributed by atoms with Gasteiger partial charge in [0.2, 0.25) is 5.91 Å². The zero-order valence-corrected chi connectivity index (χ0v) is 25.8. The van der Waals surface area contributed by atoms with Gasteiger partial charge < -0.3 is 20.5 Å². The van der Waals surface area contributed by atoms with Crippen molar-refractivity contribution in [2.24, 2.45) is 10.9 Å². The normalized spacial score (nSPS) is 13.4. The fourth-order valence-corrected chi connectivity index (χ4v) is 5.32. The second-order valence-electron chi connectivity index (χ2n) is 11.9. The molecule has 0 atom stereocenters. The average molecular weight is 606 g/mol. The molecule has 1 amide bonds. The Bertz CT molecular complexity index is 1970. The number of halogens is 1. The van der Waals surface area contributed by atoms with Crippen LogP contribution in [0.4, 0.5) is 10.1 Å². The third kappa shape index (κ3) is 6.83. The topological polar surface area (TPSA) is 127 Å². The summed E-state index contributed by atoms with van der Waals surface area (Å²) in [5.74, 6) is 0.453. The molecule has 4 N–H and O–H groups in total. The van der Waals surface area contributed by atoms with Crippen LogP contribution in [0.15, 0.2) is 71.6 Å². The fourth-order valence-electron chi connectivity index (χ4n) is 5.32. The van der Waals surface area contributed by atoms with Crippen molar-refractivity contribution in [1.82, 2.24) is 35.4 Å². The Morgan fingerprint density at radius 3 is 2.78 bits per heavy atom. The van der Waals surface area contributed by atoms with E-state index in [0.717, 1.165) is 34.1 Å². The molecule has 5 aromatic rings. The number of nitrogens with one attached hydrogen (secondary N) is 4. The number of pyridine rings is 1. The van der Waals surface area contributed by atoms with E-state index in [1.165, 1.54) is 12.1 Å². The van der Waals surface area contributed by atoms with Gasteiger partial charge >= 0.3 is 0 Å². The van der Waals surface area contributed by atoms with E-state index in [9.17, 15) is 9.18 Å². The minimum Gasteiger partial charge on any atom is -0.384 e. The van der Waals surface area contributed by atoms with Crippen LogP contribution in [0.25, 0.3) is 50.2 Å². The van der Waals surface area contributed by atoms with E-state index in [1.807, 2.05) is 58.3 Å². The number of aliphatic imine (C=N–C) groups is 1. The summed E-state index contributed by atoms with van der Waals surface area (Å²) in [6, 6.07) is 10.9. The predicted molar refractivity (Wildman–Crippen MR) is 178 cm³/mol. The zero-order chi connectivity index (χ0) is 31.5. The first-order chi connectivity index (χ1) is 21.7. The molecule has 2 aromatic carbocycles. The molecule has 0 aliphatic carbocycles. The average Bonchev–Trinajstić information content (AvgIpc) is 3.54. The lowest BCUT2D eigenvalue weighted by Crippen LogP contribution is -2.24. The number of aromatic nitrogens is 5. The molecule has 11 heteroatoms. The van der Waals surface area contributed by atoms with Crippen LogP contribution in [0.3, 0.4) is 0 Å². The Balaban J connectivity index is 1.33. The molecular formula is C34H36FN9O. The maximum Gasteiger partial charge on any atom is 0.224 e. The monoisotopic (exact) mass is 605 g/mol. The summed E-state index contributed by atoms with van der Waals surface area (Å²) in [4.78, 5) is 31.6. The number of benzene rings is 2. The molecule has 230 valence electrons. The highest BCUT2D eigenvalue weighted by Crippen LogP contribution is 2.33. The summed E-state index contributed by atoms with van der Waals surface area (Å²) in [5.41, 5.74) is 7.54. The number of H-pyrrole nitrogens is 2. The lowest BCUT2D eigenvalue weighted by molar-refractivity contribution is -0.120. The van der Waals surface area contributed by atoms with Gasteiger partial charge in [0.05, 0.1) is 35.0 Å². The number of aromatic amines is 2. The molecule has 0 bridgehead atoms. The van der Waals surface area contributed by atoms with Crippen LogP contribution in [0, 0.1) is 11.7 Å². The first-order valence-electron chi connectivity index (χ1n) is 15.0. The highest BCUT2D eigenvalue weighted by atomic mass is 19.1. The predicted octanol–water partition coefficient (Wildman–Crippen LogP) is 5.79. The van der Waals surface area contributed by atoms with Crippen molar-refractivity contribution in [3.8, 4) is 22.6 Å². The van der Waals surface area contributed by atoms with Gasteiger partial charge in [-0.15, -0.1) is 0 Å². The number of hydrogen-bond acceptors (Lipinski definition) is 7. The molecule has 4 heterocycles. The minimum atomic E-state index is -0.339. The molecular weight excluding hydrogens is 569 g/mol. The van der Waals surface area contributed by atoms with Crippen molar-refractivity contribution >= 4 is 45.3 Å². The van der Waals surface area contributed by atoms with Crippen LogP contribution < -0.4 is 10.6 Å². The number of imidazole rings is 1. The van der Waals surface area contributed by atoms with E-state index in [4.69, 9.17) is 4.98 Å². The second kappa shape index (κ2) is 12.8. The fraction of sp³-hybridized carbons (Fsp3) is 0.265. The molecule has 6 rings (SSSR count). The van der Waals surface area contributed by atoms with E-state index in [1.54, 1.807) is 18.6 Å². The smallest absolute Gasteiger partial charge is 0.224 e. The minimum absolute atomic E-state index is 0.0367. The van der Waals surface area contributed by atoms with Crippen LogP contribution in [0.2, 0.25) is 0 Å². The maximum absolute atomic E-state index is 14.7. The Hall–Kier alpha value is -5.16. The third-order valence-corrected chi connectivity index (χ3v) is 7.45. The van der Waals surface area contributed by atoms with Crippen LogP contribution in [-0.4, -0.2) is 75.9 Å². The van der Waals surface area contributed by atoms with E-state index < -0.39 is 0 Å². The quantitative estimate of drug-likeness (QED) is 0.160. The second-order valence-corrected chi connectivity index (χ2v) is 11.9. The SMILES string of the molecule is CC(C)CC(=O)NC1=CC(c2ccc3[nH]nc(-c4nc5c(-c6cc(F)cc(NCCN(C)C)c6)cncc5[nH]4)c3c2)=CCN=C1. The lowest BCUT2D eigenvalue weighted by Gasteiger charge is -2.12. The number of allylic oxidation sites excluding steroid dienone is 3. The number of hydrogen-bond donors (Lipinski definition) is 4. The van der Waals surface area contributed by atoms with Crippen LogP contribution in [0.1, 0.15) is 25.8 Å². The summed E-state index contributed by atoms with van der Waals surface area (Å²) < 4.78 is 14.7. The highest BCUT2D eigenvalue weighted by molar-refractivity contribution is 5.99. The van der Waals surface area contributed by atoms with Gasteiger partial charge in [-0.25, -0.2) is 9.37 Å². The molecule has 1 aliphatic rings. The van der Waals surface area contributed by atoms with E-state index in [-0.39, 0.29) is 17.6 Å². The van der Waals surface area contributed by atoms with Crippen molar-refractivity contribution in [3.05, 3.63) is 78.0 Å². The number of carbonyl (C=O) groups is 1. The Labute approximate surface area is 260 Å². The summed E-state index contributed by atoms with van der Waals surface area (Å²) in [6.45, 7) is 6.04. The van der Waals surface area contributed by atoms with E-state index in [0.29, 0.717) is 59.1 Å². The first-order valence-corrected chi connectivity index (χ1v) is 15.0. The highest BCUT2D eigenvalue weighted by Gasteiger charge is 2.18. The molecule has 45 heavy (non-hydrogen) atoms. The maximum atomic E-state index is 14.7. The van der Waals surface area contributed by atoms with Gasteiger partial charge in [-0.2, -0.15) is 5.10 Å². The molecule has 3 aromatic heterocycles. The van der Waals surface area contributed by atoms with Crippen molar-refractivity contribution in [2.45, 2.75) is 20.3 Å². The third-order valence-electron chi connectivity index (χ3n) is 7.45. The molecule has 0 spiro atoms. The number of amides is 1. The molecule has 0 saturated heterocycles. The zero-order valence-electron chi connectivity index (χ0n) is 25.8. The number of likely N-dealkylation sites (N-methyl/N-ethyl adjacent to an activating group) is 1. The van der Waals surface area contributed by atoms with Crippen molar-refractivity contribution in [3.63, 3.8) is 0 Å². The van der Waals surface area contributed by atoms with Crippen molar-refractivity contribution in [2.75, 3.05) is 39.0 Å². The summed E-state index contributed by atoms with van der Waals surface area (Å²) in [5, 5.41) is 14.9. The van der Waals surface area contributed by atoms with Crippen molar-refractivity contribution < 1.29 is 9.18 Å². The van der Waals surface area contributed by atoms with Gasteiger partial charge in [0.15, 0.2) is 5.82 Å². The van der Waals surface area contributed by atoms with Gasteiger partial charge in [0, 0.05) is 48.6 Å². The van der Waals surface area contributed by atoms with Gasteiger partial charge in [-0.05, 0) is 73.1 Å². The number of nitrogens with zero attached hydrogens (tertiary/aromatic N) is 5. The standard InChI is InChI=1S/C34H36FN9O/c1-20(2)11-31(45)39-26-13-22(7-8-36-17-26)21-5-6-29-27(15-21)33(43-42-29)34-40-30-19-37-18-28(32(30)41-34)23-12-24(35)16-25(14-23)38-9-10-44(3)4/h5-7,12-20,38H,8-11H2,1-4H3,(H,39,45)(H,40,41)(H,42,43). The van der Waals surface area contributed by atoms with E-state index in [2.05, 4.69) is 46.8 Å². The van der Waals surface area contributed by atoms with Gasteiger partial charge in [-0.1, -0.05) is 26.0 Å². The Morgan fingerprint density at radius 1 is 1.09 bits per heavy atom. The number of anilines is 1. The largest absolute Gasteiger partial charge is 0.384 e. The van der Waals surface area contributed by atoms with Gasteiger partial charge in [0.1, 0.15) is 11.5 Å². The first kappa shape index (κ1) is 29.9. The lowest BCUT2D eigenvalue weighted by atomic mass is 10.0. The Kier molecular flexibility index (Phi) is 8.52. The van der Waals surface area contributed by atoms with Gasteiger partial charge in [-0.3, -0.25) is 19.9 Å². The summed E-state index contributed by atoms with van der Waals surface area (Å²) >= 11 is 0. The molecule has 0 radical (unpaired) electrons. The molecule has 10 nitrogen and oxygen atoms in total. The van der Waals surface area contributed by atoms with Gasteiger partial charge in [0.25, 0.3) is 0 Å². The number of fused-ring (bicyclic) bond motifs is 2. The number of rotatable bonds is 10. The summed E-state index contributed by atoms with van der Waals surface area (Å²) in [6.07, 6.45) is 9.53. The molecule has 0 saturated carbocycles. The summed E-state index contributed by atoms with van der Waals surface area (Å²) in [7, 11) is 3.99. The van der Waals surface area contributed by atoms with Crippen LogP contribution in [-0.2, 0) is 4.79 Å². The molecule has 0 fully saturated rings. The van der Waals surface area contributed by atoms with E-state index >= 15 is 0 Å². The Morgan fingerprint density at radius 2 is 1.96 bits per heavy atom. The molecule has 0 unspecified atom stereocenters. The molecule has 1 aliphatic heterocycles. The van der Waals surface area contributed by atoms with Crippen molar-refractivity contribution in [1.29, 1.82) is 0 Å². The van der Waals surface area contributed by atoms with Crippen LogP contribution >= 0.6 is 0 Å². The van der Waals surface area contributed by atoms with Crippen LogP contribution in [0.5, 0.6) is 0 Å².